The first-order chi connectivity index (χ1) is 8.49. The molecule has 0 fully saturated rings. The Morgan fingerprint density at radius 1 is 1.06 bits per heavy atom. The standard InChI is InChI=1S/C15H16FNO/c1-9-6-11(3)13(7-10(9)2)15(18)14-5-4-12(16)8-17-14/h4-8,15,18H,1-3H3. The van der Waals surface area contributed by atoms with E-state index in [4.69, 9.17) is 0 Å². The molecule has 1 unspecified atom stereocenters. The highest BCUT2D eigenvalue weighted by Crippen LogP contribution is 2.26. The van der Waals surface area contributed by atoms with Crippen LogP contribution in [-0.4, -0.2) is 10.1 Å². The Morgan fingerprint density at radius 2 is 1.72 bits per heavy atom. The Morgan fingerprint density at radius 3 is 2.33 bits per heavy atom. The van der Waals surface area contributed by atoms with Gasteiger partial charge in [-0.15, -0.1) is 0 Å². The van der Waals surface area contributed by atoms with Crippen LogP contribution in [0.2, 0.25) is 0 Å². The molecule has 0 radical (unpaired) electrons. The fourth-order valence-corrected chi connectivity index (χ4v) is 1.99. The van der Waals surface area contributed by atoms with E-state index in [0.717, 1.165) is 22.9 Å². The van der Waals surface area contributed by atoms with Gasteiger partial charge in [-0.25, -0.2) is 4.39 Å². The van der Waals surface area contributed by atoms with E-state index in [0.29, 0.717) is 5.69 Å². The van der Waals surface area contributed by atoms with Crippen molar-refractivity contribution in [2.75, 3.05) is 0 Å². The molecule has 2 aromatic rings. The van der Waals surface area contributed by atoms with E-state index < -0.39 is 11.9 Å². The average molecular weight is 245 g/mol. The highest BCUT2D eigenvalue weighted by atomic mass is 19.1. The lowest BCUT2D eigenvalue weighted by Gasteiger charge is -2.15. The number of nitrogens with zero attached hydrogens (tertiary/aromatic N) is 1. The van der Waals surface area contributed by atoms with Crippen molar-refractivity contribution >= 4 is 0 Å². The molecule has 1 aromatic heterocycles. The van der Waals surface area contributed by atoms with Gasteiger partial charge in [-0.3, -0.25) is 4.98 Å². The first-order valence-electron chi connectivity index (χ1n) is 5.86. The van der Waals surface area contributed by atoms with Crippen LogP contribution in [0.4, 0.5) is 4.39 Å². The molecule has 1 N–H and O–H groups in total. The topological polar surface area (TPSA) is 33.1 Å². The van der Waals surface area contributed by atoms with E-state index in [1.165, 1.54) is 17.7 Å². The Labute approximate surface area is 106 Å². The second-order valence-electron chi connectivity index (χ2n) is 4.60. The van der Waals surface area contributed by atoms with Gasteiger partial charge in [0, 0.05) is 0 Å². The number of halogens is 1. The van der Waals surface area contributed by atoms with Gasteiger partial charge in [-0.2, -0.15) is 0 Å². The van der Waals surface area contributed by atoms with Gasteiger partial charge in [-0.1, -0.05) is 12.1 Å². The third-order valence-corrected chi connectivity index (χ3v) is 3.21. The van der Waals surface area contributed by atoms with E-state index in [9.17, 15) is 9.50 Å². The van der Waals surface area contributed by atoms with Gasteiger partial charge in [0.2, 0.25) is 0 Å². The Bertz CT molecular complexity index is 563. The van der Waals surface area contributed by atoms with Crippen molar-refractivity contribution in [1.82, 2.24) is 4.98 Å². The number of aryl methyl sites for hydroxylation is 3. The van der Waals surface area contributed by atoms with Gasteiger partial charge in [0.1, 0.15) is 11.9 Å². The van der Waals surface area contributed by atoms with Gasteiger partial charge in [-0.05, 0) is 55.2 Å². The molecule has 3 heteroatoms. The van der Waals surface area contributed by atoms with Crippen molar-refractivity contribution in [1.29, 1.82) is 0 Å². The lowest BCUT2D eigenvalue weighted by molar-refractivity contribution is 0.214. The molecular weight excluding hydrogens is 229 g/mol. The smallest absolute Gasteiger partial charge is 0.141 e. The number of aromatic nitrogens is 1. The lowest BCUT2D eigenvalue weighted by atomic mass is 9.95. The summed E-state index contributed by atoms with van der Waals surface area (Å²) in [5, 5.41) is 10.3. The van der Waals surface area contributed by atoms with Crippen LogP contribution in [-0.2, 0) is 0 Å². The SMILES string of the molecule is Cc1cc(C)c(C(O)c2ccc(F)cn2)cc1C. The van der Waals surface area contributed by atoms with Crippen LogP contribution >= 0.6 is 0 Å². The first kappa shape index (κ1) is 12.7. The molecule has 0 spiro atoms. The zero-order valence-corrected chi connectivity index (χ0v) is 10.7. The third-order valence-electron chi connectivity index (χ3n) is 3.21. The second kappa shape index (κ2) is 4.86. The molecule has 2 rings (SSSR count). The fourth-order valence-electron chi connectivity index (χ4n) is 1.99. The van der Waals surface area contributed by atoms with Crippen molar-refractivity contribution in [3.8, 4) is 0 Å². The summed E-state index contributed by atoms with van der Waals surface area (Å²) in [6, 6.07) is 6.81. The molecule has 18 heavy (non-hydrogen) atoms. The molecule has 0 aliphatic rings. The molecule has 0 saturated carbocycles. The summed E-state index contributed by atoms with van der Waals surface area (Å²) >= 11 is 0. The summed E-state index contributed by atoms with van der Waals surface area (Å²) in [5.41, 5.74) is 4.60. The molecule has 1 atom stereocenters. The van der Waals surface area contributed by atoms with Crippen LogP contribution < -0.4 is 0 Å². The van der Waals surface area contributed by atoms with Gasteiger partial charge < -0.3 is 5.11 Å². The van der Waals surface area contributed by atoms with E-state index in [1.54, 1.807) is 0 Å². The minimum absolute atomic E-state index is 0.400. The quantitative estimate of drug-likeness (QED) is 0.881. The van der Waals surface area contributed by atoms with Crippen molar-refractivity contribution in [2.45, 2.75) is 26.9 Å². The molecule has 0 amide bonds. The molecule has 2 nitrogen and oxygen atoms in total. The summed E-state index contributed by atoms with van der Waals surface area (Å²) in [7, 11) is 0. The Hall–Kier alpha value is -1.74. The molecule has 0 bridgehead atoms. The van der Waals surface area contributed by atoms with Gasteiger partial charge in [0.05, 0.1) is 11.9 Å². The second-order valence-corrected chi connectivity index (χ2v) is 4.60. The van der Waals surface area contributed by atoms with Crippen LogP contribution in [0.3, 0.4) is 0 Å². The molecular formula is C15H16FNO. The van der Waals surface area contributed by atoms with E-state index in [1.807, 2.05) is 32.9 Å². The summed E-state index contributed by atoms with van der Waals surface area (Å²) in [5.74, 6) is -0.400. The summed E-state index contributed by atoms with van der Waals surface area (Å²) in [4.78, 5) is 3.92. The highest BCUT2D eigenvalue weighted by Gasteiger charge is 2.15. The molecule has 0 aliphatic heterocycles. The van der Waals surface area contributed by atoms with E-state index in [-0.39, 0.29) is 0 Å². The predicted molar refractivity (Wildman–Crippen MR) is 68.9 cm³/mol. The minimum atomic E-state index is -0.815. The average Bonchev–Trinajstić information content (AvgIpc) is 2.34. The highest BCUT2D eigenvalue weighted by molar-refractivity contribution is 5.40. The minimum Gasteiger partial charge on any atom is -0.382 e. The van der Waals surface area contributed by atoms with Crippen LogP contribution in [0.5, 0.6) is 0 Å². The van der Waals surface area contributed by atoms with Gasteiger partial charge in [0.15, 0.2) is 0 Å². The fraction of sp³-hybridized carbons (Fsp3) is 0.267. The van der Waals surface area contributed by atoms with Crippen LogP contribution in [0.15, 0.2) is 30.5 Å². The number of rotatable bonds is 2. The maximum Gasteiger partial charge on any atom is 0.141 e. The monoisotopic (exact) mass is 245 g/mol. The summed E-state index contributed by atoms with van der Waals surface area (Å²) in [6.07, 6.45) is 0.305. The largest absolute Gasteiger partial charge is 0.382 e. The molecule has 1 heterocycles. The van der Waals surface area contributed by atoms with Crippen LogP contribution in [0.25, 0.3) is 0 Å². The van der Waals surface area contributed by atoms with Gasteiger partial charge in [0.25, 0.3) is 0 Å². The maximum absolute atomic E-state index is 12.8. The summed E-state index contributed by atoms with van der Waals surface area (Å²) < 4.78 is 12.8. The van der Waals surface area contributed by atoms with Gasteiger partial charge >= 0.3 is 0 Å². The normalized spacial score (nSPS) is 12.5. The molecule has 1 aromatic carbocycles. The lowest BCUT2D eigenvalue weighted by Crippen LogP contribution is -2.05. The van der Waals surface area contributed by atoms with Crippen molar-refractivity contribution in [2.24, 2.45) is 0 Å². The number of pyridine rings is 1. The molecule has 0 saturated heterocycles. The zero-order valence-electron chi connectivity index (χ0n) is 10.7. The number of aliphatic hydroxyl groups is 1. The zero-order chi connectivity index (χ0) is 13.3. The van der Waals surface area contributed by atoms with E-state index in [2.05, 4.69) is 4.98 Å². The van der Waals surface area contributed by atoms with Crippen molar-refractivity contribution in [3.05, 3.63) is 64.2 Å². The number of hydrogen-bond acceptors (Lipinski definition) is 2. The van der Waals surface area contributed by atoms with Crippen molar-refractivity contribution < 1.29 is 9.50 Å². The number of aliphatic hydroxyl groups excluding tert-OH is 1. The molecule has 94 valence electrons. The van der Waals surface area contributed by atoms with Crippen LogP contribution in [0.1, 0.15) is 34.1 Å². The van der Waals surface area contributed by atoms with Crippen molar-refractivity contribution in [3.63, 3.8) is 0 Å². The maximum atomic E-state index is 12.8. The molecule has 0 aliphatic carbocycles. The number of hydrogen-bond donors (Lipinski definition) is 1. The first-order valence-corrected chi connectivity index (χ1v) is 5.86. The Kier molecular flexibility index (Phi) is 3.43. The summed E-state index contributed by atoms with van der Waals surface area (Å²) in [6.45, 7) is 5.99. The van der Waals surface area contributed by atoms with E-state index >= 15 is 0 Å². The Balaban J connectivity index is 2.42. The number of benzene rings is 1. The predicted octanol–water partition coefficient (Wildman–Crippen LogP) is 3.23. The third kappa shape index (κ3) is 2.41. The van der Waals surface area contributed by atoms with Crippen LogP contribution in [0, 0.1) is 26.6 Å².